The van der Waals surface area contributed by atoms with E-state index in [-0.39, 0.29) is 5.92 Å². The third-order valence-electron chi connectivity index (χ3n) is 7.48. The van der Waals surface area contributed by atoms with E-state index >= 15 is 0 Å². The van der Waals surface area contributed by atoms with Gasteiger partial charge in [-0.05, 0) is 85.7 Å². The van der Waals surface area contributed by atoms with E-state index in [1.165, 1.54) is 68.8 Å². The van der Waals surface area contributed by atoms with Gasteiger partial charge < -0.3 is 4.79 Å². The maximum absolute atomic E-state index is 11.4. The van der Waals surface area contributed by atoms with Gasteiger partial charge in [-0.1, -0.05) is 45.1 Å². The minimum Gasteiger partial charge on any atom is -0.303 e. The predicted molar refractivity (Wildman–Crippen MR) is 102 cm³/mol. The summed E-state index contributed by atoms with van der Waals surface area (Å²) in [4.78, 5) is 11.4. The summed E-state index contributed by atoms with van der Waals surface area (Å²) in [7, 11) is 0. The molecular weight excluding hydrogens is 292 g/mol. The van der Waals surface area contributed by atoms with Gasteiger partial charge in [0.05, 0.1) is 0 Å². The highest BCUT2D eigenvalue weighted by atomic mass is 16.1. The third kappa shape index (κ3) is 3.07. The molecule has 1 nitrogen and oxygen atoms in total. The molecule has 0 N–H and O–H groups in total. The van der Waals surface area contributed by atoms with Crippen LogP contribution in [0.15, 0.2) is 35.5 Å². The van der Waals surface area contributed by atoms with Crippen molar-refractivity contribution in [1.82, 2.24) is 0 Å². The summed E-state index contributed by atoms with van der Waals surface area (Å²) in [5.41, 5.74) is 4.81. The number of aldehydes is 1. The second-order valence-corrected chi connectivity index (χ2v) is 8.84. The van der Waals surface area contributed by atoms with Crippen LogP contribution in [0.25, 0.3) is 0 Å². The highest BCUT2D eigenvalue weighted by Crippen LogP contribution is 2.59. The van der Waals surface area contributed by atoms with Crippen LogP contribution in [0, 0.1) is 29.1 Å². The molecule has 0 aromatic rings. The summed E-state index contributed by atoms with van der Waals surface area (Å²) in [5, 5.41) is 0. The van der Waals surface area contributed by atoms with E-state index < -0.39 is 0 Å². The zero-order valence-corrected chi connectivity index (χ0v) is 15.8. The summed E-state index contributed by atoms with van der Waals surface area (Å²) < 4.78 is 0. The summed E-state index contributed by atoms with van der Waals surface area (Å²) in [5.74, 6) is 2.10. The smallest absolute Gasteiger partial charge is 0.123 e. The van der Waals surface area contributed by atoms with Crippen molar-refractivity contribution >= 4 is 6.29 Å². The first-order valence-corrected chi connectivity index (χ1v) is 10.0. The summed E-state index contributed by atoms with van der Waals surface area (Å²) >= 11 is 0. The summed E-state index contributed by atoms with van der Waals surface area (Å²) in [6.45, 7) is 11.2. The molecule has 3 rings (SSSR count). The van der Waals surface area contributed by atoms with Crippen molar-refractivity contribution in [3.63, 3.8) is 0 Å². The first-order valence-electron chi connectivity index (χ1n) is 10.0. The Bertz CT molecular complexity index is 567. The number of allylic oxidation sites excluding steroid dienone is 5. The molecule has 5 unspecified atom stereocenters. The molecule has 3 saturated carbocycles. The average molecular weight is 327 g/mol. The molecule has 3 fully saturated rings. The summed E-state index contributed by atoms with van der Waals surface area (Å²) in [6, 6.07) is 0. The Hall–Kier alpha value is -1.11. The number of hydrogen-bond donors (Lipinski definition) is 0. The lowest BCUT2D eigenvalue weighted by molar-refractivity contribution is -0.113. The lowest BCUT2D eigenvalue weighted by Crippen LogP contribution is -2.36. The standard InChI is InChI=1S/C23H34O/c1-16-7-5-8-19(18(16)3)10-11-20-9-6-14-23(4)21(17(2)15-24)12-13-22(20)23/h10-11,15-17,21-22H,3,5-9,12-14H2,1-2,4H3. The zero-order valence-electron chi connectivity index (χ0n) is 15.8. The van der Waals surface area contributed by atoms with E-state index in [1.54, 1.807) is 5.57 Å². The number of fused-ring (bicyclic) bond motifs is 1. The molecule has 132 valence electrons. The van der Waals surface area contributed by atoms with Gasteiger partial charge in [-0.3, -0.25) is 0 Å². The SMILES string of the molecule is C=C1C(=CC=C2CCCC3(C)C2CCC3C(C)C=O)CCCC1C. The van der Waals surface area contributed by atoms with Gasteiger partial charge in [0.2, 0.25) is 0 Å². The molecule has 1 heteroatoms. The van der Waals surface area contributed by atoms with Crippen LogP contribution in [-0.2, 0) is 4.79 Å². The van der Waals surface area contributed by atoms with Gasteiger partial charge in [0.1, 0.15) is 6.29 Å². The van der Waals surface area contributed by atoms with Crippen molar-refractivity contribution in [1.29, 1.82) is 0 Å². The van der Waals surface area contributed by atoms with E-state index in [0.29, 0.717) is 23.2 Å². The van der Waals surface area contributed by atoms with Crippen molar-refractivity contribution in [2.45, 2.75) is 72.1 Å². The number of rotatable bonds is 3. The topological polar surface area (TPSA) is 17.1 Å². The highest BCUT2D eigenvalue weighted by Gasteiger charge is 2.50. The van der Waals surface area contributed by atoms with Crippen molar-refractivity contribution in [3.8, 4) is 0 Å². The fraction of sp³-hybridized carbons (Fsp3) is 0.696. The minimum atomic E-state index is 0.205. The minimum absolute atomic E-state index is 0.205. The third-order valence-corrected chi connectivity index (χ3v) is 7.48. The molecule has 0 aromatic heterocycles. The van der Waals surface area contributed by atoms with Crippen LogP contribution < -0.4 is 0 Å². The van der Waals surface area contributed by atoms with Crippen LogP contribution >= 0.6 is 0 Å². The van der Waals surface area contributed by atoms with Crippen LogP contribution in [0.3, 0.4) is 0 Å². The molecule has 3 aliphatic carbocycles. The Morgan fingerprint density at radius 1 is 1.17 bits per heavy atom. The van der Waals surface area contributed by atoms with Gasteiger partial charge in [-0.2, -0.15) is 0 Å². The number of carbonyl (C=O) groups excluding carboxylic acids is 1. The molecular formula is C23H34O. The van der Waals surface area contributed by atoms with Crippen LogP contribution in [0.2, 0.25) is 0 Å². The predicted octanol–water partition coefficient (Wildman–Crippen LogP) is 6.27. The van der Waals surface area contributed by atoms with Gasteiger partial charge in [-0.25, -0.2) is 0 Å². The molecule has 24 heavy (non-hydrogen) atoms. The lowest BCUT2D eigenvalue weighted by Gasteiger charge is -2.43. The summed E-state index contributed by atoms with van der Waals surface area (Å²) in [6.07, 6.45) is 16.1. The molecule has 0 bridgehead atoms. The van der Waals surface area contributed by atoms with Crippen molar-refractivity contribution in [2.75, 3.05) is 0 Å². The van der Waals surface area contributed by atoms with Gasteiger partial charge in [0.25, 0.3) is 0 Å². The Morgan fingerprint density at radius 3 is 2.71 bits per heavy atom. The van der Waals surface area contributed by atoms with Crippen LogP contribution in [0.1, 0.15) is 72.1 Å². The second kappa shape index (κ2) is 7.02. The molecule has 0 saturated heterocycles. The molecule has 0 radical (unpaired) electrons. The number of carbonyl (C=O) groups is 1. The first kappa shape index (κ1) is 17.7. The average Bonchev–Trinajstić information content (AvgIpc) is 2.93. The normalized spacial score (nSPS) is 41.5. The maximum Gasteiger partial charge on any atom is 0.123 e. The Morgan fingerprint density at radius 2 is 1.96 bits per heavy atom. The van der Waals surface area contributed by atoms with Crippen molar-refractivity contribution in [2.24, 2.45) is 29.1 Å². The molecule has 0 heterocycles. The van der Waals surface area contributed by atoms with Crippen LogP contribution in [0.4, 0.5) is 0 Å². The van der Waals surface area contributed by atoms with Crippen molar-refractivity contribution in [3.05, 3.63) is 35.5 Å². The van der Waals surface area contributed by atoms with E-state index in [9.17, 15) is 4.79 Å². The van der Waals surface area contributed by atoms with Gasteiger partial charge in [0.15, 0.2) is 0 Å². The van der Waals surface area contributed by atoms with Crippen LogP contribution in [0.5, 0.6) is 0 Å². The van der Waals surface area contributed by atoms with Crippen molar-refractivity contribution < 1.29 is 4.79 Å². The second-order valence-electron chi connectivity index (χ2n) is 8.84. The van der Waals surface area contributed by atoms with Gasteiger partial charge in [-0.15, -0.1) is 0 Å². The molecule has 3 aliphatic rings. The first-order chi connectivity index (χ1) is 11.5. The largest absolute Gasteiger partial charge is 0.303 e. The Labute approximate surface area is 148 Å². The van der Waals surface area contributed by atoms with Gasteiger partial charge in [0, 0.05) is 5.92 Å². The molecule has 0 aromatic carbocycles. The van der Waals surface area contributed by atoms with E-state index in [0.717, 1.165) is 0 Å². The lowest BCUT2D eigenvalue weighted by atomic mass is 9.61. The van der Waals surface area contributed by atoms with Crippen LogP contribution in [-0.4, -0.2) is 6.29 Å². The monoisotopic (exact) mass is 326 g/mol. The fourth-order valence-electron chi connectivity index (χ4n) is 5.89. The molecule has 0 aliphatic heterocycles. The Kier molecular flexibility index (Phi) is 5.18. The zero-order chi connectivity index (χ0) is 17.3. The fourth-order valence-corrected chi connectivity index (χ4v) is 5.89. The van der Waals surface area contributed by atoms with E-state index in [1.807, 2.05) is 0 Å². The van der Waals surface area contributed by atoms with E-state index in [4.69, 9.17) is 0 Å². The highest BCUT2D eigenvalue weighted by molar-refractivity contribution is 5.54. The quantitative estimate of drug-likeness (QED) is 0.559. The Balaban J connectivity index is 1.82. The maximum atomic E-state index is 11.4. The van der Waals surface area contributed by atoms with Gasteiger partial charge >= 0.3 is 0 Å². The van der Waals surface area contributed by atoms with E-state index in [2.05, 4.69) is 39.5 Å². The molecule has 0 amide bonds. The molecule has 5 atom stereocenters. The number of hydrogen-bond acceptors (Lipinski definition) is 1. The molecule has 0 spiro atoms.